The van der Waals surface area contributed by atoms with Crippen molar-refractivity contribution >= 4 is 16.1 Å². The van der Waals surface area contributed by atoms with Crippen molar-refractivity contribution in [3.8, 4) is 5.75 Å². The minimum absolute atomic E-state index is 0.0552. The molecule has 0 bridgehead atoms. The van der Waals surface area contributed by atoms with Gasteiger partial charge < -0.3 is 8.92 Å². The maximum absolute atomic E-state index is 12.6. The fraction of sp³-hybridized carbons (Fsp3) is 0.278. The van der Waals surface area contributed by atoms with Crippen molar-refractivity contribution in [1.29, 1.82) is 0 Å². The molecule has 0 amide bonds. The van der Waals surface area contributed by atoms with Crippen LogP contribution < -0.4 is 4.18 Å². The van der Waals surface area contributed by atoms with E-state index >= 15 is 0 Å². The average molecular weight is 348 g/mol. The van der Waals surface area contributed by atoms with Gasteiger partial charge in [0, 0.05) is 0 Å². The van der Waals surface area contributed by atoms with Crippen molar-refractivity contribution in [3.63, 3.8) is 0 Å². The van der Waals surface area contributed by atoms with E-state index in [-0.39, 0.29) is 22.1 Å². The number of hydrogen-bond donors (Lipinski definition) is 0. The van der Waals surface area contributed by atoms with Gasteiger partial charge in [-0.3, -0.25) is 0 Å². The van der Waals surface area contributed by atoms with Crippen LogP contribution in [0.15, 0.2) is 47.4 Å². The van der Waals surface area contributed by atoms with E-state index in [4.69, 9.17) is 4.18 Å². The molecule has 0 saturated heterocycles. The zero-order valence-electron chi connectivity index (χ0n) is 14.1. The van der Waals surface area contributed by atoms with Crippen molar-refractivity contribution in [3.05, 3.63) is 59.2 Å². The van der Waals surface area contributed by atoms with Gasteiger partial charge in [0.2, 0.25) is 0 Å². The highest BCUT2D eigenvalue weighted by atomic mass is 32.2. The summed E-state index contributed by atoms with van der Waals surface area (Å²) in [4.78, 5) is 11.7. The third-order valence-corrected chi connectivity index (χ3v) is 5.08. The van der Waals surface area contributed by atoms with E-state index in [2.05, 4.69) is 4.74 Å². The van der Waals surface area contributed by atoms with Crippen LogP contribution in [0.2, 0.25) is 0 Å². The maximum Gasteiger partial charge on any atom is 0.339 e. The van der Waals surface area contributed by atoms with E-state index in [0.717, 1.165) is 5.56 Å². The first-order valence-electron chi connectivity index (χ1n) is 7.48. The summed E-state index contributed by atoms with van der Waals surface area (Å²) in [6, 6.07) is 11.3. The number of methoxy groups -OCH3 is 1. The van der Waals surface area contributed by atoms with E-state index in [1.807, 2.05) is 19.9 Å². The monoisotopic (exact) mass is 348 g/mol. The second-order valence-electron chi connectivity index (χ2n) is 5.68. The van der Waals surface area contributed by atoms with Crippen LogP contribution in [0, 0.1) is 6.92 Å². The fourth-order valence-corrected chi connectivity index (χ4v) is 3.49. The van der Waals surface area contributed by atoms with Crippen LogP contribution in [0.25, 0.3) is 0 Å². The zero-order valence-corrected chi connectivity index (χ0v) is 14.9. The lowest BCUT2D eigenvalue weighted by Gasteiger charge is -2.13. The Morgan fingerprint density at radius 3 is 2.38 bits per heavy atom. The maximum atomic E-state index is 12.6. The molecule has 0 aromatic heterocycles. The Labute approximate surface area is 142 Å². The third kappa shape index (κ3) is 3.76. The van der Waals surface area contributed by atoms with E-state index in [0.29, 0.717) is 5.56 Å². The van der Waals surface area contributed by atoms with Gasteiger partial charge in [0.05, 0.1) is 12.7 Å². The van der Waals surface area contributed by atoms with Crippen LogP contribution in [0.5, 0.6) is 5.75 Å². The summed E-state index contributed by atoms with van der Waals surface area (Å²) in [5.41, 5.74) is 1.46. The van der Waals surface area contributed by atoms with Gasteiger partial charge in [0.1, 0.15) is 10.6 Å². The molecule has 2 rings (SSSR count). The summed E-state index contributed by atoms with van der Waals surface area (Å²) in [5, 5.41) is 0. The molecule has 0 aliphatic rings. The molecule has 6 heteroatoms. The first kappa shape index (κ1) is 18.0. The lowest BCUT2D eigenvalue weighted by molar-refractivity contribution is 0.0599. The van der Waals surface area contributed by atoms with Crippen molar-refractivity contribution in [1.82, 2.24) is 0 Å². The molecule has 0 unspecified atom stereocenters. The number of esters is 1. The largest absolute Gasteiger partial charge is 0.465 e. The average Bonchev–Trinajstić information content (AvgIpc) is 2.54. The van der Waals surface area contributed by atoms with Crippen molar-refractivity contribution in [2.75, 3.05) is 7.11 Å². The Hall–Kier alpha value is -2.34. The first-order valence-corrected chi connectivity index (χ1v) is 8.89. The van der Waals surface area contributed by atoms with Crippen LogP contribution in [0.3, 0.4) is 0 Å². The topological polar surface area (TPSA) is 69.7 Å². The number of ether oxygens (including phenoxy) is 1. The molecule has 0 radical (unpaired) electrons. The van der Waals surface area contributed by atoms with Crippen molar-refractivity contribution in [2.24, 2.45) is 0 Å². The highest BCUT2D eigenvalue weighted by Gasteiger charge is 2.23. The Morgan fingerprint density at radius 2 is 1.75 bits per heavy atom. The van der Waals surface area contributed by atoms with Crippen LogP contribution in [0.1, 0.15) is 41.3 Å². The van der Waals surface area contributed by atoms with Gasteiger partial charge in [-0.25, -0.2) is 4.79 Å². The SMILES string of the molecule is COC(=O)c1cccc(S(=O)(=O)Oc2cccc(C(C)C)c2)c1C. The first-order chi connectivity index (χ1) is 11.3. The molecule has 5 nitrogen and oxygen atoms in total. The normalized spacial score (nSPS) is 11.4. The molecule has 0 fully saturated rings. The molecule has 0 N–H and O–H groups in total. The minimum Gasteiger partial charge on any atom is -0.465 e. The third-order valence-electron chi connectivity index (χ3n) is 3.69. The Balaban J connectivity index is 2.41. The lowest BCUT2D eigenvalue weighted by atomic mass is 10.0. The summed E-state index contributed by atoms with van der Waals surface area (Å²) >= 11 is 0. The molecule has 0 atom stereocenters. The van der Waals surface area contributed by atoms with E-state index in [9.17, 15) is 13.2 Å². The van der Waals surface area contributed by atoms with E-state index < -0.39 is 16.1 Å². The molecule has 2 aromatic carbocycles. The molecule has 0 heterocycles. The van der Waals surface area contributed by atoms with Gasteiger partial charge in [-0.2, -0.15) is 8.42 Å². The zero-order chi connectivity index (χ0) is 17.9. The van der Waals surface area contributed by atoms with Gasteiger partial charge in [0.25, 0.3) is 0 Å². The van der Waals surface area contributed by atoms with Crippen LogP contribution in [-0.2, 0) is 14.9 Å². The molecular weight excluding hydrogens is 328 g/mol. The number of carbonyl (C=O) groups is 1. The Kier molecular flexibility index (Phi) is 5.29. The molecule has 0 aliphatic carbocycles. The number of benzene rings is 2. The molecule has 128 valence electrons. The predicted molar refractivity (Wildman–Crippen MR) is 90.9 cm³/mol. The number of carbonyl (C=O) groups excluding carboxylic acids is 1. The van der Waals surface area contributed by atoms with Crippen LogP contribution in [-0.4, -0.2) is 21.5 Å². The van der Waals surface area contributed by atoms with Crippen molar-refractivity contribution in [2.45, 2.75) is 31.6 Å². The van der Waals surface area contributed by atoms with E-state index in [1.165, 1.54) is 25.3 Å². The molecular formula is C18H20O5S. The molecule has 24 heavy (non-hydrogen) atoms. The second kappa shape index (κ2) is 7.05. The van der Waals surface area contributed by atoms with E-state index in [1.54, 1.807) is 25.1 Å². The van der Waals surface area contributed by atoms with Gasteiger partial charge in [-0.05, 0) is 48.2 Å². The Bertz CT molecular complexity index is 853. The highest BCUT2D eigenvalue weighted by Crippen LogP contribution is 2.26. The van der Waals surface area contributed by atoms with Crippen LogP contribution >= 0.6 is 0 Å². The van der Waals surface area contributed by atoms with Gasteiger partial charge in [-0.1, -0.05) is 32.0 Å². The summed E-state index contributed by atoms with van der Waals surface area (Å²) in [5.74, 6) is -0.101. The summed E-state index contributed by atoms with van der Waals surface area (Å²) in [6.07, 6.45) is 0. The van der Waals surface area contributed by atoms with Crippen molar-refractivity contribution < 1.29 is 22.1 Å². The van der Waals surface area contributed by atoms with Crippen LogP contribution in [0.4, 0.5) is 0 Å². The molecule has 2 aromatic rings. The molecule has 0 saturated carbocycles. The Morgan fingerprint density at radius 1 is 1.08 bits per heavy atom. The summed E-state index contributed by atoms with van der Waals surface area (Å²) in [7, 11) is -2.81. The highest BCUT2D eigenvalue weighted by molar-refractivity contribution is 7.87. The predicted octanol–water partition coefficient (Wildman–Crippen LogP) is 3.67. The smallest absolute Gasteiger partial charge is 0.339 e. The minimum atomic E-state index is -4.06. The molecule has 0 spiro atoms. The van der Waals surface area contributed by atoms with Gasteiger partial charge in [0.15, 0.2) is 0 Å². The standard InChI is InChI=1S/C18H20O5S/c1-12(2)14-7-5-8-15(11-14)23-24(20,21)17-10-6-9-16(13(17)3)18(19)22-4/h5-12H,1-4H3. The second-order valence-corrected chi connectivity index (χ2v) is 7.20. The number of rotatable bonds is 5. The summed E-state index contributed by atoms with van der Waals surface area (Å²) in [6.45, 7) is 5.57. The fourth-order valence-electron chi connectivity index (χ4n) is 2.31. The summed E-state index contributed by atoms with van der Waals surface area (Å²) < 4.78 is 35.1. The van der Waals surface area contributed by atoms with Gasteiger partial charge in [-0.15, -0.1) is 0 Å². The van der Waals surface area contributed by atoms with Gasteiger partial charge >= 0.3 is 16.1 Å². The quantitative estimate of drug-likeness (QED) is 0.609. The number of hydrogen-bond acceptors (Lipinski definition) is 5. The molecule has 0 aliphatic heterocycles. The lowest BCUT2D eigenvalue weighted by Crippen LogP contribution is -2.14.